The van der Waals surface area contributed by atoms with Crippen LogP contribution in [-0.2, 0) is 0 Å². The average Bonchev–Trinajstić information content (AvgIpc) is 3.34. The SMILES string of the molecule is Cc1c(N2CN(c3ccccc3)c3ncccc32)ccc2oc3ccccc3c12. The molecule has 4 nitrogen and oxygen atoms in total. The van der Waals surface area contributed by atoms with E-state index >= 15 is 0 Å². The van der Waals surface area contributed by atoms with Crippen LogP contribution in [0.15, 0.2) is 89.5 Å². The highest BCUT2D eigenvalue weighted by molar-refractivity contribution is 6.08. The zero-order valence-corrected chi connectivity index (χ0v) is 16.0. The standard InChI is InChI=1S/C25H19N3O/c1-17-20(13-14-23-24(17)19-10-5-6-12-22(19)29-23)28-16-27(18-8-3-2-4-9-18)25-21(28)11-7-15-26-25/h2-15H,16H2,1H3. The fourth-order valence-electron chi connectivity index (χ4n) is 4.38. The third-order valence-corrected chi connectivity index (χ3v) is 5.73. The predicted octanol–water partition coefficient (Wildman–Crippen LogP) is 6.54. The van der Waals surface area contributed by atoms with E-state index in [2.05, 4.69) is 71.3 Å². The van der Waals surface area contributed by atoms with Gasteiger partial charge in [-0.05, 0) is 55.0 Å². The van der Waals surface area contributed by atoms with E-state index in [1.54, 1.807) is 0 Å². The Hall–Kier alpha value is -3.79. The van der Waals surface area contributed by atoms with E-state index < -0.39 is 0 Å². The van der Waals surface area contributed by atoms with Crippen LogP contribution in [0.2, 0.25) is 0 Å². The summed E-state index contributed by atoms with van der Waals surface area (Å²) in [6.07, 6.45) is 1.86. The van der Waals surface area contributed by atoms with E-state index in [4.69, 9.17) is 9.40 Å². The van der Waals surface area contributed by atoms with E-state index in [-0.39, 0.29) is 0 Å². The van der Waals surface area contributed by atoms with Gasteiger partial charge in [-0.3, -0.25) is 0 Å². The summed E-state index contributed by atoms with van der Waals surface area (Å²) in [5, 5.41) is 2.34. The Balaban J connectivity index is 1.54. The van der Waals surface area contributed by atoms with Crippen molar-refractivity contribution < 1.29 is 4.42 Å². The average molecular weight is 377 g/mol. The summed E-state index contributed by atoms with van der Waals surface area (Å²) in [4.78, 5) is 9.29. The van der Waals surface area contributed by atoms with Crippen LogP contribution in [0.1, 0.15) is 5.56 Å². The van der Waals surface area contributed by atoms with Crippen molar-refractivity contribution in [3.8, 4) is 0 Å². The number of aryl methyl sites for hydroxylation is 1. The summed E-state index contributed by atoms with van der Waals surface area (Å²) in [5.74, 6) is 0.982. The van der Waals surface area contributed by atoms with E-state index in [1.165, 1.54) is 16.6 Å². The molecule has 4 heteroatoms. The maximum atomic E-state index is 6.07. The molecular formula is C25H19N3O. The molecule has 29 heavy (non-hydrogen) atoms. The molecule has 5 aromatic rings. The van der Waals surface area contributed by atoms with Gasteiger partial charge < -0.3 is 14.2 Å². The first-order valence-electron chi connectivity index (χ1n) is 9.77. The Bertz CT molecular complexity index is 1360. The largest absolute Gasteiger partial charge is 0.456 e. The molecule has 140 valence electrons. The van der Waals surface area contributed by atoms with Crippen LogP contribution in [0.5, 0.6) is 0 Å². The molecule has 3 heterocycles. The fourth-order valence-corrected chi connectivity index (χ4v) is 4.38. The number of nitrogens with zero attached hydrogens (tertiary/aromatic N) is 3. The summed E-state index contributed by atoms with van der Waals surface area (Å²) in [6.45, 7) is 2.90. The molecule has 0 saturated carbocycles. The van der Waals surface area contributed by atoms with Gasteiger partial charge in [-0.25, -0.2) is 4.98 Å². The number of para-hydroxylation sites is 2. The second-order valence-corrected chi connectivity index (χ2v) is 7.36. The molecule has 6 rings (SSSR count). The summed E-state index contributed by atoms with van der Waals surface area (Å²) in [7, 11) is 0. The molecule has 0 unspecified atom stereocenters. The Morgan fingerprint density at radius 2 is 1.59 bits per heavy atom. The normalized spacial score (nSPS) is 13.4. The van der Waals surface area contributed by atoms with Crippen molar-refractivity contribution in [3.63, 3.8) is 0 Å². The van der Waals surface area contributed by atoms with Gasteiger partial charge in [-0.1, -0.05) is 36.4 Å². The molecular weight excluding hydrogens is 358 g/mol. The van der Waals surface area contributed by atoms with Gasteiger partial charge in [0.25, 0.3) is 0 Å². The van der Waals surface area contributed by atoms with Crippen LogP contribution in [0.3, 0.4) is 0 Å². The highest BCUT2D eigenvalue weighted by atomic mass is 16.3. The first kappa shape index (κ1) is 16.2. The molecule has 2 aromatic heterocycles. The molecule has 0 aliphatic carbocycles. The number of fused-ring (bicyclic) bond motifs is 4. The van der Waals surface area contributed by atoms with E-state index in [0.29, 0.717) is 0 Å². The fraction of sp³-hybridized carbons (Fsp3) is 0.0800. The van der Waals surface area contributed by atoms with Crippen molar-refractivity contribution >= 4 is 44.8 Å². The minimum atomic E-state index is 0.721. The smallest absolute Gasteiger partial charge is 0.158 e. The first-order valence-corrected chi connectivity index (χ1v) is 9.77. The van der Waals surface area contributed by atoms with Gasteiger partial charge in [0.15, 0.2) is 5.82 Å². The van der Waals surface area contributed by atoms with Crippen LogP contribution in [-0.4, -0.2) is 11.7 Å². The molecule has 0 fully saturated rings. The molecule has 0 N–H and O–H groups in total. The number of hydrogen-bond acceptors (Lipinski definition) is 4. The monoisotopic (exact) mass is 377 g/mol. The number of aromatic nitrogens is 1. The van der Waals surface area contributed by atoms with Gasteiger partial charge in [-0.2, -0.15) is 0 Å². The lowest BCUT2D eigenvalue weighted by Crippen LogP contribution is -2.24. The summed E-state index contributed by atoms with van der Waals surface area (Å²) >= 11 is 0. The van der Waals surface area contributed by atoms with Crippen LogP contribution in [0, 0.1) is 6.92 Å². The first-order chi connectivity index (χ1) is 14.3. The minimum absolute atomic E-state index is 0.721. The lowest BCUT2D eigenvalue weighted by atomic mass is 10.0. The molecule has 3 aromatic carbocycles. The molecule has 1 aliphatic rings. The van der Waals surface area contributed by atoms with Gasteiger partial charge in [0, 0.05) is 28.3 Å². The highest BCUT2D eigenvalue weighted by Crippen LogP contribution is 2.45. The van der Waals surface area contributed by atoms with Crippen LogP contribution in [0.25, 0.3) is 21.9 Å². The minimum Gasteiger partial charge on any atom is -0.456 e. The second-order valence-electron chi connectivity index (χ2n) is 7.36. The molecule has 0 atom stereocenters. The summed E-state index contributed by atoms with van der Waals surface area (Å²) in [5.41, 5.74) is 6.51. The Labute approximate surface area is 168 Å². The Morgan fingerprint density at radius 1 is 0.759 bits per heavy atom. The quantitative estimate of drug-likeness (QED) is 0.350. The molecule has 0 radical (unpaired) electrons. The lowest BCUT2D eigenvalue weighted by Gasteiger charge is -2.23. The van der Waals surface area contributed by atoms with E-state index in [9.17, 15) is 0 Å². The molecule has 1 aliphatic heterocycles. The molecule has 0 amide bonds. The van der Waals surface area contributed by atoms with Crippen molar-refractivity contribution in [1.82, 2.24) is 4.98 Å². The number of hydrogen-bond donors (Lipinski definition) is 0. The van der Waals surface area contributed by atoms with Crippen molar-refractivity contribution in [2.45, 2.75) is 6.92 Å². The number of rotatable bonds is 2. The summed E-state index contributed by atoms with van der Waals surface area (Å²) in [6, 6.07) is 27.0. The zero-order valence-electron chi connectivity index (χ0n) is 16.0. The lowest BCUT2D eigenvalue weighted by molar-refractivity contribution is 0.669. The third-order valence-electron chi connectivity index (χ3n) is 5.73. The maximum absolute atomic E-state index is 6.07. The number of furan rings is 1. The van der Waals surface area contributed by atoms with Crippen LogP contribution >= 0.6 is 0 Å². The number of pyridine rings is 1. The second kappa shape index (κ2) is 6.11. The molecule has 0 bridgehead atoms. The van der Waals surface area contributed by atoms with Gasteiger partial charge in [-0.15, -0.1) is 0 Å². The zero-order chi connectivity index (χ0) is 19.4. The number of benzene rings is 3. The Morgan fingerprint density at radius 3 is 2.48 bits per heavy atom. The summed E-state index contributed by atoms with van der Waals surface area (Å²) < 4.78 is 6.07. The van der Waals surface area contributed by atoms with Gasteiger partial charge >= 0.3 is 0 Å². The van der Waals surface area contributed by atoms with Crippen molar-refractivity contribution in [3.05, 3.63) is 90.6 Å². The Kier molecular flexibility index (Phi) is 3.41. The predicted molar refractivity (Wildman–Crippen MR) is 118 cm³/mol. The number of anilines is 4. The topological polar surface area (TPSA) is 32.5 Å². The molecule has 0 spiro atoms. The van der Waals surface area contributed by atoms with Crippen LogP contribution < -0.4 is 9.80 Å². The van der Waals surface area contributed by atoms with E-state index in [1.807, 2.05) is 30.5 Å². The van der Waals surface area contributed by atoms with E-state index in [0.717, 1.165) is 40.4 Å². The van der Waals surface area contributed by atoms with Crippen LogP contribution in [0.4, 0.5) is 22.9 Å². The van der Waals surface area contributed by atoms with Crippen molar-refractivity contribution in [2.75, 3.05) is 16.5 Å². The van der Waals surface area contributed by atoms with Crippen molar-refractivity contribution in [2.24, 2.45) is 0 Å². The maximum Gasteiger partial charge on any atom is 0.158 e. The van der Waals surface area contributed by atoms with Gasteiger partial charge in [0.05, 0.1) is 5.69 Å². The van der Waals surface area contributed by atoms with Crippen molar-refractivity contribution in [1.29, 1.82) is 0 Å². The van der Waals surface area contributed by atoms with Gasteiger partial charge in [0.1, 0.15) is 17.8 Å². The third kappa shape index (κ3) is 2.36. The van der Waals surface area contributed by atoms with Gasteiger partial charge in [0.2, 0.25) is 0 Å². The molecule has 0 saturated heterocycles. The highest BCUT2D eigenvalue weighted by Gasteiger charge is 2.30.